The largest absolute Gasteiger partial charge is 0.337 e. The predicted octanol–water partition coefficient (Wildman–Crippen LogP) is 2.17. The van der Waals surface area contributed by atoms with E-state index in [0.717, 1.165) is 36.5 Å². The molecule has 132 valence electrons. The Morgan fingerprint density at radius 2 is 2.00 bits per heavy atom. The van der Waals surface area contributed by atoms with Crippen molar-refractivity contribution in [1.82, 2.24) is 14.8 Å². The van der Waals surface area contributed by atoms with E-state index < -0.39 is 0 Å². The molecule has 24 heavy (non-hydrogen) atoms. The van der Waals surface area contributed by atoms with Crippen LogP contribution in [-0.4, -0.2) is 58.3 Å². The van der Waals surface area contributed by atoms with E-state index in [1.807, 2.05) is 30.6 Å². The van der Waals surface area contributed by atoms with Crippen molar-refractivity contribution in [3.63, 3.8) is 0 Å². The fourth-order valence-electron chi connectivity index (χ4n) is 3.54. The first-order valence-corrected chi connectivity index (χ1v) is 9.55. The molecule has 7 heteroatoms. The van der Waals surface area contributed by atoms with Crippen molar-refractivity contribution in [2.24, 2.45) is 0 Å². The van der Waals surface area contributed by atoms with Gasteiger partial charge in [0.05, 0.1) is 18.3 Å². The highest BCUT2D eigenvalue weighted by molar-refractivity contribution is 7.15. The van der Waals surface area contributed by atoms with Gasteiger partial charge in [0.1, 0.15) is 0 Å². The Balaban J connectivity index is 1.56. The van der Waals surface area contributed by atoms with Gasteiger partial charge in [-0.15, -0.1) is 11.3 Å². The minimum absolute atomic E-state index is 0.0918. The Labute approximate surface area is 147 Å². The van der Waals surface area contributed by atoms with E-state index in [4.69, 9.17) is 0 Å². The second kappa shape index (κ2) is 7.19. The number of amides is 2. The summed E-state index contributed by atoms with van der Waals surface area (Å²) >= 11 is 1.49. The van der Waals surface area contributed by atoms with Gasteiger partial charge < -0.3 is 10.2 Å². The highest BCUT2D eigenvalue weighted by Crippen LogP contribution is 2.25. The maximum absolute atomic E-state index is 12.5. The molecule has 1 saturated heterocycles. The molecule has 1 aromatic heterocycles. The molecule has 0 radical (unpaired) electrons. The van der Waals surface area contributed by atoms with Gasteiger partial charge in [0.25, 0.3) is 0 Å². The molecule has 2 fully saturated rings. The van der Waals surface area contributed by atoms with Gasteiger partial charge in [-0.05, 0) is 33.6 Å². The van der Waals surface area contributed by atoms with Crippen LogP contribution in [-0.2, 0) is 9.59 Å². The van der Waals surface area contributed by atoms with Crippen molar-refractivity contribution in [2.45, 2.75) is 58.5 Å². The Morgan fingerprint density at radius 1 is 1.29 bits per heavy atom. The highest BCUT2D eigenvalue weighted by atomic mass is 32.1. The van der Waals surface area contributed by atoms with Gasteiger partial charge in [0, 0.05) is 24.0 Å². The fraction of sp³-hybridized carbons (Fsp3) is 0.706. The monoisotopic (exact) mass is 350 g/mol. The summed E-state index contributed by atoms with van der Waals surface area (Å²) in [5.74, 6) is 0.0691. The van der Waals surface area contributed by atoms with Crippen LogP contribution in [0.3, 0.4) is 0 Å². The van der Waals surface area contributed by atoms with Crippen molar-refractivity contribution in [3.8, 4) is 0 Å². The Morgan fingerprint density at radius 3 is 2.58 bits per heavy atom. The van der Waals surface area contributed by atoms with E-state index in [9.17, 15) is 9.59 Å². The van der Waals surface area contributed by atoms with Gasteiger partial charge in [-0.25, -0.2) is 4.98 Å². The van der Waals surface area contributed by atoms with E-state index in [-0.39, 0.29) is 17.9 Å². The van der Waals surface area contributed by atoms with Crippen molar-refractivity contribution < 1.29 is 9.59 Å². The summed E-state index contributed by atoms with van der Waals surface area (Å²) < 4.78 is 0. The number of carbonyl (C=O) groups is 2. The van der Waals surface area contributed by atoms with E-state index in [1.54, 1.807) is 0 Å². The first-order valence-electron chi connectivity index (χ1n) is 8.74. The summed E-state index contributed by atoms with van der Waals surface area (Å²) in [5.41, 5.74) is 0.948. The quantitative estimate of drug-likeness (QED) is 0.904. The number of hydrogen-bond donors (Lipinski definition) is 1. The van der Waals surface area contributed by atoms with E-state index in [1.165, 1.54) is 24.2 Å². The molecule has 2 aliphatic rings. The molecule has 6 nitrogen and oxygen atoms in total. The highest BCUT2D eigenvalue weighted by Gasteiger charge is 2.34. The van der Waals surface area contributed by atoms with Gasteiger partial charge in [0.2, 0.25) is 11.8 Å². The van der Waals surface area contributed by atoms with Gasteiger partial charge in [-0.3, -0.25) is 14.5 Å². The van der Waals surface area contributed by atoms with Crippen LogP contribution >= 0.6 is 11.3 Å². The first-order chi connectivity index (χ1) is 11.5. The van der Waals surface area contributed by atoms with Gasteiger partial charge >= 0.3 is 0 Å². The lowest BCUT2D eigenvalue weighted by molar-refractivity contribution is -0.140. The second-order valence-electron chi connectivity index (χ2n) is 6.82. The molecular weight excluding hydrogens is 324 g/mol. The lowest BCUT2D eigenvalue weighted by Crippen LogP contribution is -2.57. The maximum Gasteiger partial charge on any atom is 0.243 e. The van der Waals surface area contributed by atoms with Crippen molar-refractivity contribution in [1.29, 1.82) is 0 Å². The van der Waals surface area contributed by atoms with Crippen LogP contribution in [0, 0.1) is 13.8 Å². The van der Waals surface area contributed by atoms with Crippen LogP contribution in [0.2, 0.25) is 0 Å². The summed E-state index contributed by atoms with van der Waals surface area (Å²) in [5, 5.41) is 3.52. The summed E-state index contributed by atoms with van der Waals surface area (Å²) in [6.07, 6.45) is 4.71. The van der Waals surface area contributed by atoms with Crippen LogP contribution in [0.1, 0.15) is 43.2 Å². The molecule has 2 heterocycles. The lowest BCUT2D eigenvalue weighted by Gasteiger charge is -2.39. The molecule has 0 spiro atoms. The zero-order chi connectivity index (χ0) is 17.3. The van der Waals surface area contributed by atoms with Gasteiger partial charge in [0.15, 0.2) is 5.13 Å². The molecule has 3 rings (SSSR count). The molecule has 2 amide bonds. The fourth-order valence-corrected chi connectivity index (χ4v) is 4.36. The van der Waals surface area contributed by atoms with Crippen LogP contribution < -0.4 is 5.32 Å². The van der Waals surface area contributed by atoms with E-state index in [0.29, 0.717) is 17.7 Å². The molecular formula is C17H26N4O2S. The van der Waals surface area contributed by atoms with E-state index >= 15 is 0 Å². The minimum atomic E-state index is -0.329. The molecule has 1 aliphatic carbocycles. The molecule has 1 atom stereocenters. The van der Waals surface area contributed by atoms with Crippen LogP contribution in [0.5, 0.6) is 0 Å². The van der Waals surface area contributed by atoms with Crippen molar-refractivity contribution in [2.75, 3.05) is 25.0 Å². The zero-order valence-electron chi connectivity index (χ0n) is 14.7. The molecule has 1 saturated carbocycles. The summed E-state index contributed by atoms with van der Waals surface area (Å²) in [4.78, 5) is 34.4. The number of aryl methyl sites for hydroxylation is 2. The van der Waals surface area contributed by atoms with Crippen molar-refractivity contribution in [3.05, 3.63) is 10.6 Å². The summed E-state index contributed by atoms with van der Waals surface area (Å²) in [6.45, 7) is 7.62. The topological polar surface area (TPSA) is 65.5 Å². The van der Waals surface area contributed by atoms with Gasteiger partial charge in [-0.1, -0.05) is 12.8 Å². The number of thiazole rings is 1. The van der Waals surface area contributed by atoms with Gasteiger partial charge in [-0.2, -0.15) is 0 Å². The van der Waals surface area contributed by atoms with Crippen LogP contribution in [0.25, 0.3) is 0 Å². The smallest absolute Gasteiger partial charge is 0.243 e. The zero-order valence-corrected chi connectivity index (χ0v) is 15.5. The first kappa shape index (κ1) is 17.4. The second-order valence-corrected chi connectivity index (χ2v) is 8.02. The third kappa shape index (κ3) is 3.62. The van der Waals surface area contributed by atoms with Crippen LogP contribution in [0.4, 0.5) is 5.13 Å². The lowest BCUT2D eigenvalue weighted by atomic mass is 10.1. The standard InChI is InChI=1S/C17H26N4O2S/c1-11-13(3)24-17(18-11)19-16(23)12(2)20-8-9-21(15(22)10-20)14-6-4-5-7-14/h12,14H,4-10H2,1-3H3,(H,18,19,23)/t12-/m0/s1. The third-order valence-electron chi connectivity index (χ3n) is 5.24. The molecule has 1 aliphatic heterocycles. The minimum Gasteiger partial charge on any atom is -0.337 e. The number of carbonyl (C=O) groups excluding carboxylic acids is 2. The summed E-state index contributed by atoms with van der Waals surface area (Å²) in [7, 11) is 0. The Hall–Kier alpha value is -1.47. The molecule has 0 bridgehead atoms. The number of piperazine rings is 1. The van der Waals surface area contributed by atoms with E-state index in [2.05, 4.69) is 10.3 Å². The number of nitrogens with zero attached hydrogens (tertiary/aromatic N) is 3. The summed E-state index contributed by atoms with van der Waals surface area (Å²) in [6, 6.07) is 0.0919. The van der Waals surface area contributed by atoms with Crippen molar-refractivity contribution >= 4 is 28.3 Å². The number of hydrogen-bond acceptors (Lipinski definition) is 5. The number of rotatable bonds is 4. The molecule has 0 unspecified atom stereocenters. The number of nitrogens with one attached hydrogen (secondary N) is 1. The molecule has 1 aromatic rings. The Bertz CT molecular complexity index is 605. The number of anilines is 1. The SMILES string of the molecule is Cc1nc(NC(=O)[C@H](C)N2CCN(C3CCCC3)C(=O)C2)sc1C. The average Bonchev–Trinajstić information content (AvgIpc) is 3.17. The average molecular weight is 350 g/mol. The number of aromatic nitrogens is 1. The molecule has 1 N–H and O–H groups in total. The van der Waals surface area contributed by atoms with Crippen LogP contribution in [0.15, 0.2) is 0 Å². The Kier molecular flexibility index (Phi) is 5.20. The molecule has 0 aromatic carbocycles. The maximum atomic E-state index is 12.5. The normalized spacial score (nSPS) is 21.3. The predicted molar refractivity (Wildman–Crippen MR) is 95.2 cm³/mol. The third-order valence-corrected chi connectivity index (χ3v) is 6.23.